The van der Waals surface area contributed by atoms with Crippen LogP contribution in [0.4, 0.5) is 0 Å². The van der Waals surface area contributed by atoms with Crippen molar-refractivity contribution in [2.75, 3.05) is 20.6 Å². The highest BCUT2D eigenvalue weighted by atomic mass is 16.2. The molecule has 2 aliphatic rings. The van der Waals surface area contributed by atoms with Crippen LogP contribution in [0.3, 0.4) is 0 Å². The van der Waals surface area contributed by atoms with Gasteiger partial charge < -0.3 is 14.5 Å². The molecule has 1 aliphatic carbocycles. The summed E-state index contributed by atoms with van der Waals surface area (Å²) < 4.78 is 2.35. The zero-order chi connectivity index (χ0) is 18.3. The minimum atomic E-state index is 0.0194. The Hall–Kier alpha value is -2.08. The second kappa shape index (κ2) is 6.91. The van der Waals surface area contributed by atoms with E-state index in [4.69, 9.17) is 4.98 Å². The minimum absolute atomic E-state index is 0.0194. The molecule has 4 rings (SSSR count). The van der Waals surface area contributed by atoms with Crippen LogP contribution in [-0.2, 0) is 26.4 Å². The molecule has 0 aromatic carbocycles. The largest absolute Gasteiger partial charge is 0.353 e. The summed E-state index contributed by atoms with van der Waals surface area (Å²) in [5.74, 6) is 1.25. The highest BCUT2D eigenvalue weighted by Crippen LogP contribution is 2.34. The Morgan fingerprint density at radius 1 is 1.27 bits per heavy atom. The molecule has 0 saturated carbocycles. The van der Waals surface area contributed by atoms with Gasteiger partial charge in [-0.25, -0.2) is 4.98 Å². The van der Waals surface area contributed by atoms with E-state index in [0.717, 1.165) is 38.0 Å². The predicted molar refractivity (Wildman–Crippen MR) is 101 cm³/mol. The third kappa shape index (κ3) is 3.07. The van der Waals surface area contributed by atoms with Crippen LogP contribution in [0.25, 0.3) is 0 Å². The quantitative estimate of drug-likeness (QED) is 0.917. The number of hydrogen-bond donors (Lipinski definition) is 1. The Bertz CT molecular complexity index is 803. The van der Waals surface area contributed by atoms with Crippen LogP contribution in [0.5, 0.6) is 0 Å². The summed E-state index contributed by atoms with van der Waals surface area (Å²) in [6.45, 7) is 1.92. The fourth-order valence-corrected chi connectivity index (χ4v) is 4.43. The van der Waals surface area contributed by atoms with E-state index in [9.17, 15) is 4.79 Å². The maximum Gasteiger partial charge on any atom is 0.269 e. The van der Waals surface area contributed by atoms with Crippen LogP contribution >= 0.6 is 0 Å². The summed E-state index contributed by atoms with van der Waals surface area (Å²) in [6.07, 6.45) is 7.20. The van der Waals surface area contributed by atoms with Crippen molar-refractivity contribution in [3.8, 4) is 0 Å². The summed E-state index contributed by atoms with van der Waals surface area (Å²) in [7, 11) is 5.75. The molecule has 0 spiro atoms. The van der Waals surface area contributed by atoms with Crippen molar-refractivity contribution in [2.24, 2.45) is 7.05 Å². The van der Waals surface area contributed by atoms with Gasteiger partial charge in [0.15, 0.2) is 0 Å². The Kier molecular flexibility index (Phi) is 4.61. The molecule has 6 nitrogen and oxygen atoms in total. The maximum absolute atomic E-state index is 12.1. The van der Waals surface area contributed by atoms with E-state index in [0.29, 0.717) is 11.7 Å². The molecule has 2 aromatic rings. The van der Waals surface area contributed by atoms with E-state index in [1.54, 1.807) is 19.0 Å². The zero-order valence-corrected chi connectivity index (χ0v) is 16.1. The number of amides is 1. The monoisotopic (exact) mass is 355 g/mol. The number of carbonyl (C=O) groups is 1. The number of imidazole rings is 1. The van der Waals surface area contributed by atoms with E-state index in [1.165, 1.54) is 36.5 Å². The number of aromatic amines is 1. The second-order valence-corrected chi connectivity index (χ2v) is 7.85. The number of carbonyl (C=O) groups excluding carboxylic acids is 1. The molecule has 1 atom stereocenters. The number of rotatable bonds is 4. The molecule has 0 unspecified atom stereocenters. The summed E-state index contributed by atoms with van der Waals surface area (Å²) in [4.78, 5) is 24.5. The smallest absolute Gasteiger partial charge is 0.269 e. The first kappa shape index (κ1) is 17.3. The summed E-state index contributed by atoms with van der Waals surface area (Å²) in [5, 5.41) is 0. The average Bonchev–Trinajstić information content (AvgIpc) is 3.34. The van der Waals surface area contributed by atoms with Crippen molar-refractivity contribution in [2.45, 2.75) is 51.1 Å². The number of hydrogen-bond acceptors (Lipinski definition) is 3. The number of nitrogens with zero attached hydrogens (tertiary/aromatic N) is 4. The van der Waals surface area contributed by atoms with Crippen LogP contribution in [0.15, 0.2) is 12.1 Å². The highest BCUT2D eigenvalue weighted by Gasteiger charge is 2.31. The van der Waals surface area contributed by atoms with Gasteiger partial charge in [0.25, 0.3) is 5.91 Å². The highest BCUT2D eigenvalue weighted by molar-refractivity contribution is 5.92. The fourth-order valence-electron chi connectivity index (χ4n) is 4.43. The van der Waals surface area contributed by atoms with Gasteiger partial charge >= 0.3 is 0 Å². The SMILES string of the molecule is CN(C)C(=O)c1ccc(CN2CCC[C@@H]2c2nc3c(n2C)CCCC3)[nH]1. The lowest BCUT2D eigenvalue weighted by Gasteiger charge is -2.24. The zero-order valence-electron chi connectivity index (χ0n) is 16.1. The molecule has 1 saturated heterocycles. The third-order valence-electron chi connectivity index (χ3n) is 5.83. The molecular weight excluding hydrogens is 326 g/mol. The van der Waals surface area contributed by atoms with Gasteiger partial charge in [0, 0.05) is 39.1 Å². The lowest BCUT2D eigenvalue weighted by molar-refractivity contribution is 0.0822. The van der Waals surface area contributed by atoms with Crippen molar-refractivity contribution in [3.05, 3.63) is 40.7 Å². The number of H-pyrrole nitrogens is 1. The number of likely N-dealkylation sites (tertiary alicyclic amines) is 1. The van der Waals surface area contributed by atoms with Crippen molar-refractivity contribution < 1.29 is 4.79 Å². The van der Waals surface area contributed by atoms with E-state index in [2.05, 4.69) is 21.5 Å². The fraction of sp³-hybridized carbons (Fsp3) is 0.600. The minimum Gasteiger partial charge on any atom is -0.353 e. The molecular formula is C20H29N5O. The molecule has 1 aliphatic heterocycles. The third-order valence-corrected chi connectivity index (χ3v) is 5.83. The first-order valence-corrected chi connectivity index (χ1v) is 9.72. The van der Waals surface area contributed by atoms with Gasteiger partial charge in [0.1, 0.15) is 11.5 Å². The number of aromatic nitrogens is 3. The van der Waals surface area contributed by atoms with Gasteiger partial charge in [-0.1, -0.05) is 0 Å². The van der Waals surface area contributed by atoms with Gasteiger partial charge in [-0.3, -0.25) is 9.69 Å². The van der Waals surface area contributed by atoms with Crippen LogP contribution in [0.1, 0.15) is 65.1 Å². The van der Waals surface area contributed by atoms with Crippen molar-refractivity contribution in [1.82, 2.24) is 24.3 Å². The second-order valence-electron chi connectivity index (χ2n) is 7.85. The van der Waals surface area contributed by atoms with Crippen molar-refractivity contribution >= 4 is 5.91 Å². The molecule has 26 heavy (non-hydrogen) atoms. The lowest BCUT2D eigenvalue weighted by atomic mass is 10.0. The summed E-state index contributed by atoms with van der Waals surface area (Å²) >= 11 is 0. The van der Waals surface area contributed by atoms with Gasteiger partial charge in [-0.2, -0.15) is 0 Å². The van der Waals surface area contributed by atoms with E-state index in [-0.39, 0.29) is 5.91 Å². The topological polar surface area (TPSA) is 57.2 Å². The summed E-state index contributed by atoms with van der Waals surface area (Å²) in [6, 6.07) is 4.31. The lowest BCUT2D eigenvalue weighted by Crippen LogP contribution is -2.25. The number of aryl methyl sites for hydroxylation is 1. The Morgan fingerprint density at radius 2 is 2.08 bits per heavy atom. The molecule has 0 bridgehead atoms. The first-order chi connectivity index (χ1) is 12.5. The average molecular weight is 355 g/mol. The molecule has 1 amide bonds. The number of nitrogens with one attached hydrogen (secondary N) is 1. The van der Waals surface area contributed by atoms with Gasteiger partial charge in [-0.15, -0.1) is 0 Å². The van der Waals surface area contributed by atoms with Crippen LogP contribution in [0, 0.1) is 0 Å². The first-order valence-electron chi connectivity index (χ1n) is 9.72. The van der Waals surface area contributed by atoms with Crippen molar-refractivity contribution in [1.29, 1.82) is 0 Å². The maximum atomic E-state index is 12.1. The van der Waals surface area contributed by atoms with E-state index in [1.807, 2.05) is 12.1 Å². The Balaban J connectivity index is 1.53. The van der Waals surface area contributed by atoms with Crippen LogP contribution < -0.4 is 0 Å². The molecule has 0 radical (unpaired) electrons. The predicted octanol–water partition coefficient (Wildman–Crippen LogP) is 2.67. The normalized spacial score (nSPS) is 20.3. The van der Waals surface area contributed by atoms with Crippen LogP contribution in [0.2, 0.25) is 0 Å². The molecule has 140 valence electrons. The molecule has 2 aromatic heterocycles. The molecule has 3 heterocycles. The standard InChI is InChI=1S/C20H29N5O/c1-23(2)20(26)16-11-10-14(21-16)13-25-12-6-9-18(25)19-22-15-7-4-5-8-17(15)24(19)3/h10-11,18,21H,4-9,12-13H2,1-3H3/t18-/m1/s1. The Labute approximate surface area is 155 Å². The van der Waals surface area contributed by atoms with Crippen LogP contribution in [-0.4, -0.2) is 50.9 Å². The van der Waals surface area contributed by atoms with E-state index < -0.39 is 0 Å². The van der Waals surface area contributed by atoms with E-state index >= 15 is 0 Å². The van der Waals surface area contributed by atoms with Gasteiger partial charge in [0.05, 0.1) is 11.7 Å². The molecule has 1 fully saturated rings. The number of fused-ring (bicyclic) bond motifs is 1. The molecule has 1 N–H and O–H groups in total. The van der Waals surface area contributed by atoms with Gasteiger partial charge in [0.2, 0.25) is 0 Å². The van der Waals surface area contributed by atoms with Gasteiger partial charge in [-0.05, 0) is 57.2 Å². The Morgan fingerprint density at radius 3 is 2.85 bits per heavy atom. The van der Waals surface area contributed by atoms with Crippen molar-refractivity contribution in [3.63, 3.8) is 0 Å². The summed E-state index contributed by atoms with van der Waals surface area (Å²) in [5.41, 5.74) is 4.52. The molecule has 6 heteroatoms.